The first-order valence-electron chi connectivity index (χ1n) is 6.73. The van der Waals surface area contributed by atoms with Gasteiger partial charge in [0.05, 0.1) is 19.6 Å². The predicted octanol–water partition coefficient (Wildman–Crippen LogP) is 1.82. The van der Waals surface area contributed by atoms with Crippen molar-refractivity contribution in [3.8, 4) is 5.75 Å². The van der Waals surface area contributed by atoms with E-state index in [9.17, 15) is 9.90 Å². The third-order valence-electron chi connectivity index (χ3n) is 3.23. The summed E-state index contributed by atoms with van der Waals surface area (Å²) in [4.78, 5) is 10.5. The van der Waals surface area contributed by atoms with Crippen molar-refractivity contribution in [2.75, 3.05) is 13.7 Å². The van der Waals surface area contributed by atoms with Gasteiger partial charge in [0.15, 0.2) is 0 Å². The van der Waals surface area contributed by atoms with Gasteiger partial charge >= 0.3 is 5.97 Å². The Morgan fingerprint density at radius 3 is 2.35 bits per heavy atom. The first kappa shape index (κ1) is 16.5. The monoisotopic (exact) mass is 281 g/mol. The number of hydrogen-bond donors (Lipinski definition) is 3. The fraction of sp³-hybridized carbons (Fsp3) is 0.533. The van der Waals surface area contributed by atoms with Crippen LogP contribution >= 0.6 is 0 Å². The first-order chi connectivity index (χ1) is 9.45. The lowest BCUT2D eigenvalue weighted by Crippen LogP contribution is -2.40. The molecule has 1 aromatic carbocycles. The van der Waals surface area contributed by atoms with E-state index < -0.39 is 12.1 Å². The summed E-state index contributed by atoms with van der Waals surface area (Å²) in [6.07, 6.45) is -0.645. The van der Waals surface area contributed by atoms with Crippen LogP contribution in [0.5, 0.6) is 5.75 Å². The molecule has 2 unspecified atom stereocenters. The van der Waals surface area contributed by atoms with Gasteiger partial charge in [0.25, 0.3) is 0 Å². The van der Waals surface area contributed by atoms with E-state index in [4.69, 9.17) is 9.84 Å². The smallest absolute Gasteiger partial charge is 0.304 e. The van der Waals surface area contributed by atoms with Gasteiger partial charge in [0, 0.05) is 12.6 Å². The van der Waals surface area contributed by atoms with Crippen molar-refractivity contribution >= 4 is 5.97 Å². The molecule has 3 N–H and O–H groups in total. The number of methoxy groups -OCH3 is 1. The van der Waals surface area contributed by atoms with Crippen molar-refractivity contribution in [2.24, 2.45) is 5.92 Å². The van der Waals surface area contributed by atoms with Crippen molar-refractivity contribution < 1.29 is 19.7 Å². The first-order valence-corrected chi connectivity index (χ1v) is 6.73. The van der Waals surface area contributed by atoms with Gasteiger partial charge in [-0.15, -0.1) is 0 Å². The standard InChI is InChI=1S/C15H23NO4/c1-10(2)14(16-9-8-13(17)18)15(19)11-4-6-12(20-3)7-5-11/h4-7,10,14-16,19H,8-9H2,1-3H3,(H,17,18). The van der Waals surface area contributed by atoms with E-state index in [0.717, 1.165) is 11.3 Å². The molecule has 0 heterocycles. The lowest BCUT2D eigenvalue weighted by Gasteiger charge is -2.28. The molecule has 20 heavy (non-hydrogen) atoms. The second kappa shape index (κ2) is 7.87. The molecular weight excluding hydrogens is 258 g/mol. The van der Waals surface area contributed by atoms with E-state index in [1.165, 1.54) is 0 Å². The van der Waals surface area contributed by atoms with E-state index in [1.54, 1.807) is 19.2 Å². The molecule has 2 atom stereocenters. The highest BCUT2D eigenvalue weighted by Crippen LogP contribution is 2.23. The van der Waals surface area contributed by atoms with Gasteiger partial charge in [-0.3, -0.25) is 4.79 Å². The number of aliphatic hydroxyl groups is 1. The molecule has 1 aromatic rings. The zero-order chi connectivity index (χ0) is 15.1. The Labute approximate surface area is 119 Å². The third-order valence-corrected chi connectivity index (χ3v) is 3.23. The van der Waals surface area contributed by atoms with Crippen molar-refractivity contribution in [3.05, 3.63) is 29.8 Å². The molecule has 5 nitrogen and oxygen atoms in total. The number of carboxylic acids is 1. The number of aliphatic hydroxyl groups excluding tert-OH is 1. The summed E-state index contributed by atoms with van der Waals surface area (Å²) in [5, 5.41) is 22.2. The summed E-state index contributed by atoms with van der Waals surface area (Å²) in [6.45, 7) is 4.32. The van der Waals surface area contributed by atoms with Crippen LogP contribution in [-0.2, 0) is 4.79 Å². The highest BCUT2D eigenvalue weighted by Gasteiger charge is 2.23. The molecule has 112 valence electrons. The normalized spacial score (nSPS) is 14.1. The van der Waals surface area contributed by atoms with E-state index in [1.807, 2.05) is 26.0 Å². The molecule has 0 fully saturated rings. The highest BCUT2D eigenvalue weighted by atomic mass is 16.5. The molecule has 0 amide bonds. The number of nitrogens with one attached hydrogen (secondary N) is 1. The molecule has 0 aliphatic heterocycles. The zero-order valence-corrected chi connectivity index (χ0v) is 12.2. The summed E-state index contributed by atoms with van der Waals surface area (Å²) < 4.78 is 5.09. The van der Waals surface area contributed by atoms with Crippen molar-refractivity contribution in [2.45, 2.75) is 32.4 Å². The average molecular weight is 281 g/mol. The molecule has 0 aliphatic rings. The van der Waals surface area contributed by atoms with Crippen LogP contribution < -0.4 is 10.1 Å². The lowest BCUT2D eigenvalue weighted by atomic mass is 9.93. The van der Waals surface area contributed by atoms with E-state index in [2.05, 4.69) is 5.32 Å². The number of rotatable bonds is 8. The summed E-state index contributed by atoms with van der Waals surface area (Å²) >= 11 is 0. The van der Waals surface area contributed by atoms with Gasteiger partial charge in [-0.25, -0.2) is 0 Å². The van der Waals surface area contributed by atoms with E-state index in [-0.39, 0.29) is 18.4 Å². The number of ether oxygens (including phenoxy) is 1. The fourth-order valence-corrected chi connectivity index (χ4v) is 2.07. The SMILES string of the molecule is COc1ccc(C(O)C(NCCC(=O)O)C(C)C)cc1. The highest BCUT2D eigenvalue weighted by molar-refractivity contribution is 5.66. The van der Waals surface area contributed by atoms with Crippen LogP contribution in [0.25, 0.3) is 0 Å². The molecule has 0 saturated heterocycles. The summed E-state index contributed by atoms with van der Waals surface area (Å²) in [5.41, 5.74) is 0.785. The Morgan fingerprint density at radius 2 is 1.90 bits per heavy atom. The van der Waals surface area contributed by atoms with Crippen molar-refractivity contribution in [1.82, 2.24) is 5.32 Å². The number of aliphatic carboxylic acids is 1. The topological polar surface area (TPSA) is 78.8 Å². The third kappa shape index (κ3) is 4.83. The van der Waals surface area contributed by atoms with Crippen LogP contribution in [-0.4, -0.2) is 35.9 Å². The van der Waals surface area contributed by atoms with Gasteiger partial charge in [-0.05, 0) is 23.6 Å². The Bertz CT molecular complexity index is 416. The van der Waals surface area contributed by atoms with Crippen molar-refractivity contribution in [3.63, 3.8) is 0 Å². The molecular formula is C15H23NO4. The molecule has 0 aromatic heterocycles. The van der Waals surface area contributed by atoms with Crippen LogP contribution in [0.15, 0.2) is 24.3 Å². The van der Waals surface area contributed by atoms with Crippen LogP contribution in [0.2, 0.25) is 0 Å². The second-order valence-corrected chi connectivity index (χ2v) is 5.09. The maximum absolute atomic E-state index is 10.5. The zero-order valence-electron chi connectivity index (χ0n) is 12.2. The summed E-state index contributed by atoms with van der Waals surface area (Å²) in [6, 6.07) is 7.04. The predicted molar refractivity (Wildman–Crippen MR) is 76.8 cm³/mol. The van der Waals surface area contributed by atoms with E-state index in [0.29, 0.717) is 6.54 Å². The average Bonchev–Trinajstić information content (AvgIpc) is 2.42. The van der Waals surface area contributed by atoms with Crippen molar-refractivity contribution in [1.29, 1.82) is 0 Å². The minimum atomic E-state index is -0.848. The number of hydrogen-bond acceptors (Lipinski definition) is 4. The molecule has 5 heteroatoms. The number of benzene rings is 1. The van der Waals surface area contributed by atoms with Gasteiger partial charge in [0.1, 0.15) is 5.75 Å². The van der Waals surface area contributed by atoms with E-state index >= 15 is 0 Å². The van der Waals surface area contributed by atoms with Crippen LogP contribution in [0.3, 0.4) is 0 Å². The Kier molecular flexibility index (Phi) is 6.48. The largest absolute Gasteiger partial charge is 0.497 e. The maximum atomic E-state index is 10.5. The molecule has 0 radical (unpaired) electrons. The quantitative estimate of drug-likeness (QED) is 0.677. The molecule has 1 rings (SSSR count). The second-order valence-electron chi connectivity index (χ2n) is 5.09. The van der Waals surface area contributed by atoms with Crippen LogP contribution in [0, 0.1) is 5.92 Å². The fourth-order valence-electron chi connectivity index (χ4n) is 2.07. The number of carboxylic acid groups (broad SMARTS) is 1. The Hall–Kier alpha value is -1.59. The van der Waals surface area contributed by atoms with Gasteiger partial charge in [-0.1, -0.05) is 26.0 Å². The minimum Gasteiger partial charge on any atom is -0.497 e. The van der Waals surface area contributed by atoms with Gasteiger partial charge in [-0.2, -0.15) is 0 Å². The van der Waals surface area contributed by atoms with Crippen LogP contribution in [0.4, 0.5) is 0 Å². The summed E-state index contributed by atoms with van der Waals surface area (Å²) in [7, 11) is 1.59. The lowest BCUT2D eigenvalue weighted by molar-refractivity contribution is -0.136. The summed E-state index contributed by atoms with van der Waals surface area (Å²) in [5.74, 6) is 0.0701. The number of carbonyl (C=O) groups is 1. The Morgan fingerprint density at radius 1 is 1.30 bits per heavy atom. The van der Waals surface area contributed by atoms with Gasteiger partial charge in [0.2, 0.25) is 0 Å². The maximum Gasteiger partial charge on any atom is 0.304 e. The molecule has 0 bridgehead atoms. The van der Waals surface area contributed by atoms with Crippen LogP contribution in [0.1, 0.15) is 31.9 Å². The molecule has 0 aliphatic carbocycles. The molecule has 0 spiro atoms. The minimum absolute atomic E-state index is 0.0402. The Balaban J connectivity index is 2.71. The molecule has 0 saturated carbocycles. The van der Waals surface area contributed by atoms with Gasteiger partial charge < -0.3 is 20.3 Å².